The highest BCUT2D eigenvalue weighted by Crippen LogP contribution is 2.27. The Hall–Kier alpha value is -2.02. The Labute approximate surface area is 121 Å². The van der Waals surface area contributed by atoms with Gasteiger partial charge in [-0.1, -0.05) is 6.92 Å². The topological polar surface area (TPSA) is 84.3 Å². The first-order valence-electron chi connectivity index (χ1n) is 6.84. The molecule has 0 unspecified atom stereocenters. The molecule has 1 heterocycles. The van der Waals surface area contributed by atoms with E-state index in [2.05, 4.69) is 17.6 Å². The second-order valence-corrected chi connectivity index (χ2v) is 5.66. The number of piperidine rings is 1. The monoisotopic (exact) mass is 295 g/mol. The molecule has 1 saturated heterocycles. The van der Waals surface area contributed by atoms with Gasteiger partial charge < -0.3 is 10.6 Å². The van der Waals surface area contributed by atoms with Crippen LogP contribution >= 0.6 is 0 Å². The summed E-state index contributed by atoms with van der Waals surface area (Å²) < 4.78 is 13.7. The second kappa shape index (κ2) is 6.17. The summed E-state index contributed by atoms with van der Waals surface area (Å²) in [4.78, 5) is 21.8. The summed E-state index contributed by atoms with van der Waals surface area (Å²) in [6.07, 6.45) is 1.88. The number of hydrogen-bond acceptors (Lipinski definition) is 4. The smallest absolute Gasteiger partial charge is 0.272 e. The third kappa shape index (κ3) is 3.75. The SMILES string of the molecule is CC1(CNC(=O)c2ccc([N+](=O)[O-])cc2F)CCNCC1. The van der Waals surface area contributed by atoms with Gasteiger partial charge in [0.15, 0.2) is 0 Å². The van der Waals surface area contributed by atoms with Crippen molar-refractivity contribution in [3.63, 3.8) is 0 Å². The van der Waals surface area contributed by atoms with Crippen LogP contribution in [0.4, 0.5) is 10.1 Å². The maximum Gasteiger partial charge on any atom is 0.272 e. The highest BCUT2D eigenvalue weighted by Gasteiger charge is 2.27. The molecule has 2 N–H and O–H groups in total. The zero-order valence-electron chi connectivity index (χ0n) is 11.8. The molecule has 2 rings (SSSR count). The van der Waals surface area contributed by atoms with Crippen molar-refractivity contribution in [1.29, 1.82) is 0 Å². The molecule has 1 aliphatic rings. The van der Waals surface area contributed by atoms with Crippen LogP contribution in [0.1, 0.15) is 30.1 Å². The van der Waals surface area contributed by atoms with Crippen LogP contribution in [-0.2, 0) is 0 Å². The van der Waals surface area contributed by atoms with Gasteiger partial charge in [-0.05, 0) is 37.4 Å². The third-order valence-corrected chi connectivity index (χ3v) is 3.89. The van der Waals surface area contributed by atoms with Crippen LogP contribution in [0.15, 0.2) is 18.2 Å². The third-order valence-electron chi connectivity index (χ3n) is 3.89. The number of nitro benzene ring substituents is 1. The standard InChI is InChI=1S/C14H18FN3O3/c1-14(4-6-16-7-5-14)9-17-13(19)11-3-2-10(18(20)21)8-12(11)15/h2-3,8,16H,4-7,9H2,1H3,(H,17,19). The van der Waals surface area contributed by atoms with Gasteiger partial charge in [0.25, 0.3) is 11.6 Å². The molecule has 0 spiro atoms. The van der Waals surface area contributed by atoms with Crippen molar-refractivity contribution in [2.24, 2.45) is 5.41 Å². The first-order chi connectivity index (χ1) is 9.91. The Bertz CT molecular complexity index is 556. The number of nitrogens with one attached hydrogen (secondary N) is 2. The number of non-ortho nitro benzene ring substituents is 1. The Balaban J connectivity index is 2.01. The number of hydrogen-bond donors (Lipinski definition) is 2. The molecule has 0 atom stereocenters. The van der Waals surface area contributed by atoms with E-state index in [1.807, 2.05) is 0 Å². The van der Waals surface area contributed by atoms with E-state index in [1.54, 1.807) is 0 Å². The fourth-order valence-electron chi connectivity index (χ4n) is 2.40. The van der Waals surface area contributed by atoms with E-state index in [1.165, 1.54) is 0 Å². The maximum absolute atomic E-state index is 13.7. The number of carbonyl (C=O) groups is 1. The van der Waals surface area contributed by atoms with E-state index < -0.39 is 16.6 Å². The summed E-state index contributed by atoms with van der Waals surface area (Å²) in [6.45, 7) is 4.35. The van der Waals surface area contributed by atoms with Gasteiger partial charge in [-0.15, -0.1) is 0 Å². The number of carbonyl (C=O) groups excluding carboxylic acids is 1. The number of rotatable bonds is 4. The van der Waals surface area contributed by atoms with Gasteiger partial charge in [0, 0.05) is 12.6 Å². The molecule has 21 heavy (non-hydrogen) atoms. The lowest BCUT2D eigenvalue weighted by molar-refractivity contribution is -0.385. The average Bonchev–Trinajstić information content (AvgIpc) is 2.45. The average molecular weight is 295 g/mol. The number of amides is 1. The number of halogens is 1. The van der Waals surface area contributed by atoms with Gasteiger partial charge in [-0.2, -0.15) is 0 Å². The molecule has 1 aromatic rings. The predicted octanol–water partition coefficient (Wildman–Crippen LogP) is 1.85. The van der Waals surface area contributed by atoms with Crippen molar-refractivity contribution < 1.29 is 14.1 Å². The van der Waals surface area contributed by atoms with E-state index in [0.29, 0.717) is 6.54 Å². The lowest BCUT2D eigenvalue weighted by atomic mass is 9.81. The number of benzene rings is 1. The van der Waals surface area contributed by atoms with Crippen molar-refractivity contribution in [3.8, 4) is 0 Å². The molecule has 0 aliphatic carbocycles. The van der Waals surface area contributed by atoms with Gasteiger partial charge in [-0.3, -0.25) is 14.9 Å². The summed E-state index contributed by atoms with van der Waals surface area (Å²) in [5.74, 6) is -1.42. The molecule has 0 bridgehead atoms. The zero-order chi connectivity index (χ0) is 15.5. The minimum Gasteiger partial charge on any atom is -0.351 e. The van der Waals surface area contributed by atoms with Crippen LogP contribution in [0.3, 0.4) is 0 Å². The molecular formula is C14H18FN3O3. The van der Waals surface area contributed by atoms with Crippen LogP contribution in [-0.4, -0.2) is 30.5 Å². The van der Waals surface area contributed by atoms with E-state index in [4.69, 9.17) is 0 Å². The Kier molecular flexibility index (Phi) is 4.52. The quantitative estimate of drug-likeness (QED) is 0.656. The summed E-state index contributed by atoms with van der Waals surface area (Å²) in [5, 5.41) is 16.5. The van der Waals surface area contributed by atoms with Crippen molar-refractivity contribution in [2.75, 3.05) is 19.6 Å². The normalized spacial score (nSPS) is 17.2. The lowest BCUT2D eigenvalue weighted by Gasteiger charge is -2.34. The molecule has 1 aliphatic heterocycles. The molecule has 6 nitrogen and oxygen atoms in total. The van der Waals surface area contributed by atoms with Crippen molar-refractivity contribution in [3.05, 3.63) is 39.7 Å². The van der Waals surface area contributed by atoms with Crippen molar-refractivity contribution >= 4 is 11.6 Å². The van der Waals surface area contributed by atoms with Crippen LogP contribution in [0.2, 0.25) is 0 Å². The molecule has 1 aromatic carbocycles. The van der Waals surface area contributed by atoms with Gasteiger partial charge in [0.1, 0.15) is 5.82 Å². The Morgan fingerprint density at radius 3 is 2.71 bits per heavy atom. The summed E-state index contributed by atoms with van der Waals surface area (Å²) in [6, 6.07) is 3.04. The van der Waals surface area contributed by atoms with Gasteiger partial charge in [0.2, 0.25) is 0 Å². The van der Waals surface area contributed by atoms with Gasteiger partial charge in [-0.25, -0.2) is 4.39 Å². The molecule has 0 aromatic heterocycles. The summed E-state index contributed by atoms with van der Waals surface area (Å²) >= 11 is 0. The van der Waals surface area contributed by atoms with E-state index >= 15 is 0 Å². The lowest BCUT2D eigenvalue weighted by Crippen LogP contribution is -2.43. The molecule has 114 valence electrons. The Morgan fingerprint density at radius 2 is 2.14 bits per heavy atom. The van der Waals surface area contributed by atoms with Crippen LogP contribution in [0.25, 0.3) is 0 Å². The molecule has 0 radical (unpaired) electrons. The van der Waals surface area contributed by atoms with Crippen molar-refractivity contribution in [1.82, 2.24) is 10.6 Å². The predicted molar refractivity (Wildman–Crippen MR) is 75.6 cm³/mol. The highest BCUT2D eigenvalue weighted by atomic mass is 19.1. The first-order valence-corrected chi connectivity index (χ1v) is 6.84. The minimum absolute atomic E-state index is 0.00182. The fourth-order valence-corrected chi connectivity index (χ4v) is 2.40. The van der Waals surface area contributed by atoms with Crippen molar-refractivity contribution in [2.45, 2.75) is 19.8 Å². The highest BCUT2D eigenvalue weighted by molar-refractivity contribution is 5.94. The maximum atomic E-state index is 13.7. The second-order valence-electron chi connectivity index (χ2n) is 5.66. The van der Waals surface area contributed by atoms with Gasteiger partial charge >= 0.3 is 0 Å². The number of nitrogens with zero attached hydrogens (tertiary/aromatic N) is 1. The number of nitro groups is 1. The largest absolute Gasteiger partial charge is 0.351 e. The van der Waals surface area contributed by atoms with E-state index in [-0.39, 0.29) is 16.7 Å². The molecule has 0 saturated carbocycles. The van der Waals surface area contributed by atoms with Gasteiger partial charge in [0.05, 0.1) is 16.6 Å². The molecular weight excluding hydrogens is 277 g/mol. The molecule has 1 fully saturated rings. The van der Waals surface area contributed by atoms with E-state index in [9.17, 15) is 19.3 Å². The van der Waals surface area contributed by atoms with Crippen LogP contribution in [0.5, 0.6) is 0 Å². The first kappa shape index (κ1) is 15.4. The minimum atomic E-state index is -0.878. The fraction of sp³-hybridized carbons (Fsp3) is 0.500. The molecule has 7 heteroatoms. The summed E-state index contributed by atoms with van der Waals surface area (Å²) in [5.41, 5.74) is -0.537. The zero-order valence-corrected chi connectivity index (χ0v) is 11.8. The van der Waals surface area contributed by atoms with E-state index in [0.717, 1.165) is 44.1 Å². The molecule has 1 amide bonds. The van der Waals surface area contributed by atoms with Crippen LogP contribution < -0.4 is 10.6 Å². The Morgan fingerprint density at radius 1 is 1.48 bits per heavy atom. The van der Waals surface area contributed by atoms with Crippen LogP contribution in [0, 0.1) is 21.3 Å². The summed E-state index contributed by atoms with van der Waals surface area (Å²) in [7, 11) is 0.